The second kappa shape index (κ2) is 7.68. The standard InChI is InChI=1S/C15H18BrN3OS/c1-2-3-12(17)15-19-13(9-21-15)14(20)18-8-10-4-6-11(16)7-5-10/h4-7,9,12H,2-3,8,17H2,1H3,(H,18,20). The number of hydrogen-bond acceptors (Lipinski definition) is 4. The molecule has 2 rings (SSSR count). The molecule has 1 amide bonds. The number of aromatic nitrogens is 1. The maximum atomic E-state index is 12.1. The molecule has 0 aliphatic rings. The highest BCUT2D eigenvalue weighted by molar-refractivity contribution is 9.10. The van der Waals surface area contributed by atoms with E-state index in [-0.39, 0.29) is 11.9 Å². The highest BCUT2D eigenvalue weighted by Crippen LogP contribution is 2.20. The van der Waals surface area contributed by atoms with Crippen LogP contribution in [0.15, 0.2) is 34.1 Å². The number of benzene rings is 1. The van der Waals surface area contributed by atoms with Crippen molar-refractivity contribution in [1.82, 2.24) is 10.3 Å². The molecule has 0 saturated carbocycles. The fraction of sp³-hybridized carbons (Fsp3) is 0.333. The van der Waals surface area contributed by atoms with Crippen molar-refractivity contribution in [3.05, 3.63) is 50.4 Å². The van der Waals surface area contributed by atoms with Gasteiger partial charge in [0.15, 0.2) is 0 Å². The van der Waals surface area contributed by atoms with Gasteiger partial charge >= 0.3 is 0 Å². The van der Waals surface area contributed by atoms with Crippen LogP contribution in [0.1, 0.15) is 46.9 Å². The fourth-order valence-corrected chi connectivity index (χ4v) is 2.97. The Morgan fingerprint density at radius 1 is 1.43 bits per heavy atom. The monoisotopic (exact) mass is 367 g/mol. The molecule has 1 aromatic heterocycles. The van der Waals surface area contributed by atoms with Crippen LogP contribution in [0.3, 0.4) is 0 Å². The summed E-state index contributed by atoms with van der Waals surface area (Å²) in [6.45, 7) is 2.57. The molecule has 1 aromatic carbocycles. The zero-order valence-electron chi connectivity index (χ0n) is 11.8. The molecule has 0 spiro atoms. The summed E-state index contributed by atoms with van der Waals surface area (Å²) in [7, 11) is 0. The number of carbonyl (C=O) groups excluding carboxylic acids is 1. The third-order valence-corrected chi connectivity index (χ3v) is 4.54. The predicted molar refractivity (Wildman–Crippen MR) is 89.3 cm³/mol. The lowest BCUT2D eigenvalue weighted by Crippen LogP contribution is -2.23. The second-order valence-corrected chi connectivity index (χ2v) is 6.58. The summed E-state index contributed by atoms with van der Waals surface area (Å²) in [5, 5.41) is 5.46. The zero-order chi connectivity index (χ0) is 15.2. The van der Waals surface area contributed by atoms with Gasteiger partial charge in [-0.25, -0.2) is 4.98 Å². The molecule has 0 aliphatic carbocycles. The van der Waals surface area contributed by atoms with Gasteiger partial charge in [-0.05, 0) is 24.1 Å². The van der Waals surface area contributed by atoms with E-state index in [9.17, 15) is 4.79 Å². The van der Waals surface area contributed by atoms with Gasteiger partial charge in [0.05, 0.1) is 6.04 Å². The van der Waals surface area contributed by atoms with Crippen molar-refractivity contribution < 1.29 is 4.79 Å². The van der Waals surface area contributed by atoms with Gasteiger partial charge < -0.3 is 11.1 Å². The van der Waals surface area contributed by atoms with Crippen molar-refractivity contribution in [3.63, 3.8) is 0 Å². The summed E-state index contributed by atoms with van der Waals surface area (Å²) >= 11 is 4.83. The fourth-order valence-electron chi connectivity index (χ4n) is 1.87. The van der Waals surface area contributed by atoms with E-state index in [4.69, 9.17) is 5.73 Å². The lowest BCUT2D eigenvalue weighted by Gasteiger charge is -2.05. The van der Waals surface area contributed by atoms with Crippen molar-refractivity contribution in [3.8, 4) is 0 Å². The Kier molecular flexibility index (Phi) is 5.90. The summed E-state index contributed by atoms with van der Waals surface area (Å²) in [4.78, 5) is 16.4. The van der Waals surface area contributed by atoms with Crippen LogP contribution in [0, 0.1) is 0 Å². The van der Waals surface area contributed by atoms with Crippen LogP contribution in [0.25, 0.3) is 0 Å². The Morgan fingerprint density at radius 3 is 2.81 bits per heavy atom. The molecular weight excluding hydrogens is 350 g/mol. The molecule has 0 aliphatic heterocycles. The molecule has 21 heavy (non-hydrogen) atoms. The SMILES string of the molecule is CCCC(N)c1nc(C(=O)NCc2ccc(Br)cc2)cs1. The zero-order valence-corrected chi connectivity index (χ0v) is 14.2. The first-order chi connectivity index (χ1) is 10.1. The summed E-state index contributed by atoms with van der Waals surface area (Å²) < 4.78 is 1.02. The van der Waals surface area contributed by atoms with Gasteiger partial charge in [-0.3, -0.25) is 4.79 Å². The molecule has 6 heteroatoms. The van der Waals surface area contributed by atoms with Crippen molar-refractivity contribution in [2.75, 3.05) is 0 Å². The molecule has 0 bridgehead atoms. The quantitative estimate of drug-likeness (QED) is 0.818. The van der Waals surface area contributed by atoms with Crippen molar-refractivity contribution >= 4 is 33.2 Å². The average molecular weight is 368 g/mol. The smallest absolute Gasteiger partial charge is 0.271 e. The molecule has 1 atom stereocenters. The van der Waals surface area contributed by atoms with E-state index in [1.807, 2.05) is 24.3 Å². The number of carbonyl (C=O) groups is 1. The van der Waals surface area contributed by atoms with Crippen LogP contribution in [-0.2, 0) is 6.54 Å². The molecular formula is C15H18BrN3OS. The number of halogens is 1. The minimum atomic E-state index is -0.163. The van der Waals surface area contributed by atoms with E-state index >= 15 is 0 Å². The van der Waals surface area contributed by atoms with Gasteiger partial charge in [0.1, 0.15) is 10.7 Å². The second-order valence-electron chi connectivity index (χ2n) is 4.78. The Morgan fingerprint density at radius 2 is 2.14 bits per heavy atom. The number of rotatable bonds is 6. The van der Waals surface area contributed by atoms with E-state index in [0.717, 1.165) is 27.9 Å². The number of nitrogens with zero attached hydrogens (tertiary/aromatic N) is 1. The molecule has 3 N–H and O–H groups in total. The lowest BCUT2D eigenvalue weighted by atomic mass is 10.2. The van der Waals surface area contributed by atoms with Crippen LogP contribution in [0.5, 0.6) is 0 Å². The molecule has 2 aromatic rings. The summed E-state index contributed by atoms with van der Waals surface area (Å²) in [5.74, 6) is -0.163. The van der Waals surface area contributed by atoms with E-state index in [2.05, 4.69) is 33.2 Å². The first-order valence-electron chi connectivity index (χ1n) is 6.83. The first kappa shape index (κ1) is 16.1. The van der Waals surface area contributed by atoms with Crippen molar-refractivity contribution in [2.45, 2.75) is 32.4 Å². The average Bonchev–Trinajstić information content (AvgIpc) is 2.96. The Bertz CT molecular complexity index is 597. The largest absolute Gasteiger partial charge is 0.347 e. The summed E-state index contributed by atoms with van der Waals surface area (Å²) in [6.07, 6.45) is 1.89. The molecule has 0 saturated heterocycles. The van der Waals surface area contributed by atoms with Gasteiger partial charge in [0.25, 0.3) is 5.91 Å². The predicted octanol–water partition coefficient (Wildman–Crippen LogP) is 3.64. The highest BCUT2D eigenvalue weighted by atomic mass is 79.9. The van der Waals surface area contributed by atoms with Crippen molar-refractivity contribution in [1.29, 1.82) is 0 Å². The maximum Gasteiger partial charge on any atom is 0.271 e. The number of nitrogens with two attached hydrogens (primary N) is 1. The van der Waals surface area contributed by atoms with E-state index < -0.39 is 0 Å². The van der Waals surface area contributed by atoms with Crippen LogP contribution in [-0.4, -0.2) is 10.9 Å². The van der Waals surface area contributed by atoms with Crippen LogP contribution in [0.2, 0.25) is 0 Å². The minimum Gasteiger partial charge on any atom is -0.347 e. The number of thiazole rings is 1. The molecule has 0 radical (unpaired) electrons. The van der Waals surface area contributed by atoms with E-state index in [0.29, 0.717) is 12.2 Å². The highest BCUT2D eigenvalue weighted by Gasteiger charge is 2.14. The van der Waals surface area contributed by atoms with E-state index in [1.54, 1.807) is 5.38 Å². The Balaban J connectivity index is 1.93. The Labute approximate surface area is 136 Å². The molecule has 112 valence electrons. The lowest BCUT2D eigenvalue weighted by molar-refractivity contribution is 0.0946. The Hall–Kier alpha value is -1.24. The molecule has 4 nitrogen and oxygen atoms in total. The maximum absolute atomic E-state index is 12.1. The normalized spacial score (nSPS) is 12.1. The van der Waals surface area contributed by atoms with Gasteiger partial charge in [0, 0.05) is 16.4 Å². The van der Waals surface area contributed by atoms with Gasteiger partial charge in [-0.2, -0.15) is 0 Å². The molecule has 1 heterocycles. The minimum absolute atomic E-state index is 0.0759. The number of hydrogen-bond donors (Lipinski definition) is 2. The number of nitrogens with one attached hydrogen (secondary N) is 1. The van der Waals surface area contributed by atoms with Crippen LogP contribution < -0.4 is 11.1 Å². The van der Waals surface area contributed by atoms with Crippen molar-refractivity contribution in [2.24, 2.45) is 5.73 Å². The van der Waals surface area contributed by atoms with Crippen LogP contribution in [0.4, 0.5) is 0 Å². The summed E-state index contributed by atoms with van der Waals surface area (Å²) in [6, 6.07) is 7.76. The van der Waals surface area contributed by atoms with Gasteiger partial charge in [0.2, 0.25) is 0 Å². The summed E-state index contributed by atoms with van der Waals surface area (Å²) in [5.41, 5.74) is 7.50. The third kappa shape index (κ3) is 4.62. The molecule has 1 unspecified atom stereocenters. The van der Waals surface area contributed by atoms with Gasteiger partial charge in [-0.1, -0.05) is 41.4 Å². The van der Waals surface area contributed by atoms with Crippen LogP contribution >= 0.6 is 27.3 Å². The number of amides is 1. The van der Waals surface area contributed by atoms with Gasteiger partial charge in [-0.15, -0.1) is 11.3 Å². The third-order valence-electron chi connectivity index (χ3n) is 3.04. The topological polar surface area (TPSA) is 68.0 Å². The van der Waals surface area contributed by atoms with E-state index in [1.165, 1.54) is 11.3 Å². The first-order valence-corrected chi connectivity index (χ1v) is 8.51. The molecule has 0 fully saturated rings.